The van der Waals surface area contributed by atoms with Crippen molar-refractivity contribution in [2.75, 3.05) is 0 Å². The third-order valence-corrected chi connectivity index (χ3v) is 9.65. The maximum Gasteiger partial charge on any atom is 0.101 e. The van der Waals surface area contributed by atoms with Crippen LogP contribution < -0.4 is 0 Å². The summed E-state index contributed by atoms with van der Waals surface area (Å²) < 4.78 is 2.20. The maximum absolute atomic E-state index is 10.6. The number of nitriles is 2. The lowest BCUT2D eigenvalue weighted by Crippen LogP contribution is -2.30. The molecule has 0 aliphatic heterocycles. The smallest absolute Gasteiger partial charge is 0.101 e. The van der Waals surface area contributed by atoms with Crippen LogP contribution in [0.1, 0.15) is 58.7 Å². The van der Waals surface area contributed by atoms with Crippen LogP contribution in [0.4, 0.5) is 0 Å². The molecule has 8 rings (SSSR count). The Morgan fingerprint density at radius 1 is 0.556 bits per heavy atom. The highest BCUT2D eigenvalue weighted by atomic mass is 15.0. The molecule has 1 aliphatic carbocycles. The summed E-state index contributed by atoms with van der Waals surface area (Å²) in [5, 5.41) is 23.3. The molecule has 0 bridgehead atoms. The van der Waals surface area contributed by atoms with Crippen LogP contribution in [0.2, 0.25) is 0 Å². The summed E-state index contributed by atoms with van der Waals surface area (Å²) >= 11 is 0. The van der Waals surface area contributed by atoms with Crippen LogP contribution in [0.3, 0.4) is 0 Å². The normalized spacial score (nSPS) is 13.6. The summed E-state index contributed by atoms with van der Waals surface area (Å²) in [5.41, 5.74) is 11.8. The van der Waals surface area contributed by atoms with Gasteiger partial charge >= 0.3 is 0 Å². The Balaban J connectivity index is 1.37. The van der Waals surface area contributed by atoms with E-state index >= 15 is 0 Å². The molecule has 1 aliphatic rings. The molecule has 1 heterocycles. The zero-order valence-electron chi connectivity index (χ0n) is 25.1. The van der Waals surface area contributed by atoms with E-state index in [9.17, 15) is 10.5 Å². The Morgan fingerprint density at radius 3 is 1.71 bits per heavy atom. The van der Waals surface area contributed by atoms with Crippen LogP contribution in [0.15, 0.2) is 133 Å². The van der Waals surface area contributed by atoms with Gasteiger partial charge in [0.15, 0.2) is 0 Å². The molecule has 45 heavy (non-hydrogen) atoms. The van der Waals surface area contributed by atoms with Crippen molar-refractivity contribution in [1.82, 2.24) is 4.57 Å². The molecular formula is C42H29N3. The fourth-order valence-electron chi connectivity index (χ4n) is 7.63. The zero-order valence-corrected chi connectivity index (χ0v) is 25.1. The van der Waals surface area contributed by atoms with Crippen molar-refractivity contribution < 1.29 is 0 Å². The minimum atomic E-state index is -0.147. The third-order valence-electron chi connectivity index (χ3n) is 9.65. The van der Waals surface area contributed by atoms with Gasteiger partial charge in [0, 0.05) is 27.7 Å². The molecule has 1 aromatic heterocycles. The summed E-state index contributed by atoms with van der Waals surface area (Å²) in [4.78, 5) is 0. The SMILES string of the molecule is CC1(C)c2ccccc2C(c2ccc(-c3cccc(C#N)c3-n3c4ccccc4c4ccccc43)cc2C#N)c2ccccc21. The van der Waals surface area contributed by atoms with Gasteiger partial charge in [-0.25, -0.2) is 0 Å². The van der Waals surface area contributed by atoms with E-state index in [0.717, 1.165) is 44.2 Å². The van der Waals surface area contributed by atoms with Crippen molar-refractivity contribution in [1.29, 1.82) is 10.5 Å². The standard InChI is InChI=1S/C42H29N3/c1-42(2)36-18-7-3-15-34(36)40(35-16-4-8-19-37(35)42)30-23-22-27(24-29(30)26-44)31-17-11-12-28(25-43)41(31)45-38-20-9-5-13-32(38)33-14-6-10-21-39(33)45/h3-24,40H,1-2H3. The molecule has 0 atom stereocenters. The summed E-state index contributed by atoms with van der Waals surface area (Å²) in [5.74, 6) is -0.0589. The first kappa shape index (κ1) is 26.7. The van der Waals surface area contributed by atoms with Crippen LogP contribution in [-0.2, 0) is 5.41 Å². The van der Waals surface area contributed by atoms with Crippen LogP contribution >= 0.6 is 0 Å². The lowest BCUT2D eigenvalue weighted by molar-refractivity contribution is 0.597. The first-order chi connectivity index (χ1) is 22.0. The largest absolute Gasteiger partial charge is 0.307 e. The minimum Gasteiger partial charge on any atom is -0.307 e. The highest BCUT2D eigenvalue weighted by molar-refractivity contribution is 6.10. The van der Waals surface area contributed by atoms with E-state index in [1.165, 1.54) is 22.3 Å². The van der Waals surface area contributed by atoms with E-state index in [1.807, 2.05) is 30.3 Å². The van der Waals surface area contributed by atoms with E-state index in [2.05, 4.69) is 134 Å². The molecule has 212 valence electrons. The molecular weight excluding hydrogens is 546 g/mol. The van der Waals surface area contributed by atoms with Crippen LogP contribution in [-0.4, -0.2) is 4.57 Å². The van der Waals surface area contributed by atoms with E-state index in [-0.39, 0.29) is 11.3 Å². The van der Waals surface area contributed by atoms with Crippen molar-refractivity contribution in [3.8, 4) is 29.0 Å². The number of hydrogen-bond donors (Lipinski definition) is 0. The number of rotatable bonds is 3. The quantitative estimate of drug-likeness (QED) is 0.210. The summed E-state index contributed by atoms with van der Waals surface area (Å²) in [6.45, 7) is 4.57. The number of para-hydroxylation sites is 3. The molecule has 3 heteroatoms. The molecule has 6 aromatic carbocycles. The second kappa shape index (κ2) is 10.1. The molecule has 0 fully saturated rings. The molecule has 0 saturated heterocycles. The second-order valence-corrected chi connectivity index (χ2v) is 12.3. The summed E-state index contributed by atoms with van der Waals surface area (Å²) in [6.07, 6.45) is 0. The van der Waals surface area contributed by atoms with Gasteiger partial charge in [-0.05, 0) is 57.6 Å². The Morgan fingerprint density at radius 2 is 1.11 bits per heavy atom. The van der Waals surface area contributed by atoms with Crippen molar-refractivity contribution in [3.05, 3.63) is 172 Å². The second-order valence-electron chi connectivity index (χ2n) is 12.3. The first-order valence-electron chi connectivity index (χ1n) is 15.3. The molecule has 7 aromatic rings. The highest BCUT2D eigenvalue weighted by Gasteiger charge is 2.38. The van der Waals surface area contributed by atoms with E-state index in [1.54, 1.807) is 0 Å². The molecule has 0 spiro atoms. The van der Waals surface area contributed by atoms with Crippen LogP contribution in [0, 0.1) is 22.7 Å². The molecule has 0 amide bonds. The number of fused-ring (bicyclic) bond motifs is 5. The molecule has 3 nitrogen and oxygen atoms in total. The maximum atomic E-state index is 10.6. The number of hydrogen-bond acceptors (Lipinski definition) is 2. The van der Waals surface area contributed by atoms with E-state index < -0.39 is 0 Å². The van der Waals surface area contributed by atoms with Crippen molar-refractivity contribution >= 4 is 21.8 Å². The number of aromatic nitrogens is 1. The van der Waals surface area contributed by atoms with E-state index in [4.69, 9.17) is 0 Å². The fraction of sp³-hybridized carbons (Fsp3) is 0.0952. The first-order valence-corrected chi connectivity index (χ1v) is 15.3. The highest BCUT2D eigenvalue weighted by Crippen LogP contribution is 2.50. The van der Waals surface area contributed by atoms with Gasteiger partial charge in [-0.2, -0.15) is 10.5 Å². The van der Waals surface area contributed by atoms with Gasteiger partial charge in [-0.15, -0.1) is 0 Å². The fourth-order valence-corrected chi connectivity index (χ4v) is 7.63. The molecule has 0 radical (unpaired) electrons. The summed E-state index contributed by atoms with van der Waals surface area (Å²) in [6, 6.07) is 51.1. The van der Waals surface area contributed by atoms with Crippen molar-refractivity contribution in [2.45, 2.75) is 25.2 Å². The minimum absolute atomic E-state index is 0.0589. The van der Waals surface area contributed by atoms with Gasteiger partial charge in [-0.3, -0.25) is 0 Å². The van der Waals surface area contributed by atoms with Crippen molar-refractivity contribution in [3.63, 3.8) is 0 Å². The van der Waals surface area contributed by atoms with Gasteiger partial charge in [0.1, 0.15) is 6.07 Å². The molecule has 0 unspecified atom stereocenters. The Hall–Kier alpha value is -5.90. The van der Waals surface area contributed by atoms with Crippen molar-refractivity contribution in [2.24, 2.45) is 0 Å². The van der Waals surface area contributed by atoms with Gasteiger partial charge < -0.3 is 4.57 Å². The predicted octanol–water partition coefficient (Wildman–Crippen LogP) is 10.0. The number of benzene rings is 6. The van der Waals surface area contributed by atoms with Crippen LogP contribution in [0.25, 0.3) is 38.6 Å². The zero-order chi connectivity index (χ0) is 30.7. The van der Waals surface area contributed by atoms with Gasteiger partial charge in [0.2, 0.25) is 0 Å². The molecule has 0 N–H and O–H groups in total. The van der Waals surface area contributed by atoms with Gasteiger partial charge in [0.05, 0.1) is 33.9 Å². The lowest BCUT2D eigenvalue weighted by atomic mass is 9.63. The Bertz CT molecular complexity index is 2290. The Kier molecular flexibility index (Phi) is 5.99. The third kappa shape index (κ3) is 3.88. The number of nitrogens with zero attached hydrogens (tertiary/aromatic N) is 3. The Labute approximate surface area is 262 Å². The average Bonchev–Trinajstić information content (AvgIpc) is 3.42. The monoisotopic (exact) mass is 575 g/mol. The topological polar surface area (TPSA) is 52.5 Å². The molecule has 0 saturated carbocycles. The lowest BCUT2D eigenvalue weighted by Gasteiger charge is -2.40. The van der Waals surface area contributed by atoms with Crippen LogP contribution in [0.5, 0.6) is 0 Å². The summed E-state index contributed by atoms with van der Waals surface area (Å²) in [7, 11) is 0. The van der Waals surface area contributed by atoms with Gasteiger partial charge in [-0.1, -0.05) is 123 Å². The predicted molar refractivity (Wildman–Crippen MR) is 182 cm³/mol. The average molecular weight is 576 g/mol. The van der Waals surface area contributed by atoms with Gasteiger partial charge in [0.25, 0.3) is 0 Å². The van der Waals surface area contributed by atoms with E-state index in [0.29, 0.717) is 11.1 Å².